The predicted octanol–water partition coefficient (Wildman–Crippen LogP) is 3.30. The normalized spacial score (nSPS) is 17.0. The number of carbonyl (C=O) groups is 2. The van der Waals surface area contributed by atoms with Gasteiger partial charge < -0.3 is 9.84 Å². The lowest BCUT2D eigenvalue weighted by atomic mass is 9.67. The zero-order valence-corrected chi connectivity index (χ0v) is 13.5. The van der Waals surface area contributed by atoms with Gasteiger partial charge in [-0.05, 0) is 40.5 Å². The van der Waals surface area contributed by atoms with Gasteiger partial charge in [-0.2, -0.15) is 0 Å². The van der Waals surface area contributed by atoms with Gasteiger partial charge in [-0.1, -0.05) is 6.42 Å². The minimum atomic E-state index is -0.824. The van der Waals surface area contributed by atoms with Crippen LogP contribution in [0.1, 0.15) is 50.6 Å². The molecule has 0 spiro atoms. The Morgan fingerprint density at radius 3 is 2.43 bits per heavy atom. The van der Waals surface area contributed by atoms with Crippen molar-refractivity contribution in [3.63, 3.8) is 0 Å². The van der Waals surface area contributed by atoms with Crippen molar-refractivity contribution in [2.45, 2.75) is 58.0 Å². The number of hydrogen-bond acceptors (Lipinski definition) is 5. The molecule has 7 heteroatoms. The maximum absolute atomic E-state index is 11.7. The second-order valence-corrected chi connectivity index (χ2v) is 7.30. The minimum absolute atomic E-state index is 0.379. The molecule has 1 aromatic heterocycles. The average molecular weight is 312 g/mol. The van der Waals surface area contributed by atoms with E-state index >= 15 is 0 Å². The third-order valence-corrected chi connectivity index (χ3v) is 4.73. The van der Waals surface area contributed by atoms with Crippen LogP contribution in [0.2, 0.25) is 0 Å². The molecule has 0 saturated heterocycles. The number of thiazole rings is 1. The number of nitrogens with one attached hydrogen (secondary N) is 1. The van der Waals surface area contributed by atoms with Gasteiger partial charge in [-0.15, -0.1) is 11.3 Å². The highest BCUT2D eigenvalue weighted by Crippen LogP contribution is 2.48. The van der Waals surface area contributed by atoms with E-state index < -0.39 is 23.1 Å². The van der Waals surface area contributed by atoms with Crippen LogP contribution in [-0.4, -0.2) is 27.8 Å². The van der Waals surface area contributed by atoms with Gasteiger partial charge >= 0.3 is 12.1 Å². The fraction of sp³-hybridized carbons (Fsp3) is 0.643. The molecule has 2 rings (SSSR count). The maximum Gasteiger partial charge on any atom is 0.413 e. The van der Waals surface area contributed by atoms with Crippen LogP contribution in [-0.2, 0) is 14.9 Å². The van der Waals surface area contributed by atoms with Crippen LogP contribution < -0.4 is 5.32 Å². The molecule has 0 atom stereocenters. The maximum atomic E-state index is 11.7. The average Bonchev–Trinajstić information content (AvgIpc) is 2.54. The van der Waals surface area contributed by atoms with E-state index in [-0.39, 0.29) is 0 Å². The van der Waals surface area contributed by atoms with Crippen LogP contribution in [0.4, 0.5) is 9.93 Å². The summed E-state index contributed by atoms with van der Waals surface area (Å²) >= 11 is 1.22. The van der Waals surface area contributed by atoms with Gasteiger partial charge in [0.05, 0.1) is 5.69 Å². The van der Waals surface area contributed by atoms with Gasteiger partial charge in [0.25, 0.3) is 0 Å². The first-order chi connectivity index (χ1) is 9.64. The van der Waals surface area contributed by atoms with E-state index in [0.29, 0.717) is 23.7 Å². The van der Waals surface area contributed by atoms with Crippen molar-refractivity contribution in [1.82, 2.24) is 4.98 Å². The van der Waals surface area contributed by atoms with Crippen molar-refractivity contribution >= 4 is 28.5 Å². The number of rotatable bonds is 3. The Morgan fingerprint density at radius 2 is 2.00 bits per heavy atom. The molecule has 1 aromatic rings. The van der Waals surface area contributed by atoms with Gasteiger partial charge in [-0.3, -0.25) is 10.1 Å². The number of nitrogens with zero attached hydrogens (tertiary/aromatic N) is 1. The number of ether oxygens (including phenoxy) is 1. The number of amides is 1. The Labute approximate surface area is 127 Å². The van der Waals surface area contributed by atoms with E-state index in [9.17, 15) is 14.7 Å². The molecule has 1 aliphatic rings. The number of aromatic nitrogens is 1. The molecule has 6 nitrogen and oxygen atoms in total. The van der Waals surface area contributed by atoms with Gasteiger partial charge in [-0.25, -0.2) is 9.78 Å². The molecule has 116 valence electrons. The first-order valence-electron chi connectivity index (χ1n) is 6.85. The van der Waals surface area contributed by atoms with Crippen LogP contribution >= 0.6 is 11.3 Å². The minimum Gasteiger partial charge on any atom is -0.481 e. The molecule has 1 saturated carbocycles. The number of hydrogen-bond donors (Lipinski definition) is 2. The summed E-state index contributed by atoms with van der Waals surface area (Å²) in [7, 11) is 0. The van der Waals surface area contributed by atoms with E-state index in [2.05, 4.69) is 10.3 Å². The summed E-state index contributed by atoms with van der Waals surface area (Å²) in [6.07, 6.45) is 1.56. The van der Waals surface area contributed by atoms with E-state index in [4.69, 9.17) is 4.74 Å². The summed E-state index contributed by atoms with van der Waals surface area (Å²) in [5.41, 5.74) is -0.751. The van der Waals surface area contributed by atoms with Gasteiger partial charge in [0.2, 0.25) is 0 Å². The summed E-state index contributed by atoms with van der Waals surface area (Å²) in [6, 6.07) is 0. The van der Waals surface area contributed by atoms with Crippen LogP contribution in [0.3, 0.4) is 0 Å². The Hall–Kier alpha value is -1.63. The predicted molar refractivity (Wildman–Crippen MR) is 79.9 cm³/mol. The summed E-state index contributed by atoms with van der Waals surface area (Å²) in [6.45, 7) is 7.10. The fourth-order valence-corrected chi connectivity index (χ4v) is 3.54. The number of aryl methyl sites for hydroxylation is 1. The van der Waals surface area contributed by atoms with Gasteiger partial charge in [0.1, 0.15) is 11.0 Å². The van der Waals surface area contributed by atoms with Crippen molar-refractivity contribution in [2.24, 2.45) is 0 Å². The molecule has 1 heterocycles. The number of anilines is 1. The Kier molecular flexibility index (Phi) is 3.97. The number of carbonyl (C=O) groups excluding carboxylic acids is 1. The zero-order chi connectivity index (χ0) is 15.8. The molecule has 1 fully saturated rings. The molecule has 0 aromatic carbocycles. The zero-order valence-electron chi connectivity index (χ0n) is 12.6. The molecule has 2 N–H and O–H groups in total. The van der Waals surface area contributed by atoms with E-state index in [1.165, 1.54) is 11.3 Å². The van der Waals surface area contributed by atoms with Crippen LogP contribution in [0.5, 0.6) is 0 Å². The van der Waals surface area contributed by atoms with Crippen LogP contribution in [0.15, 0.2) is 0 Å². The first-order valence-corrected chi connectivity index (χ1v) is 7.67. The lowest BCUT2D eigenvalue weighted by Crippen LogP contribution is -2.42. The number of carboxylic acid groups (broad SMARTS) is 1. The molecule has 21 heavy (non-hydrogen) atoms. The Morgan fingerprint density at radius 1 is 1.38 bits per heavy atom. The summed E-state index contributed by atoms with van der Waals surface area (Å²) in [5.74, 6) is -0.815. The second kappa shape index (κ2) is 5.29. The smallest absolute Gasteiger partial charge is 0.413 e. The first kappa shape index (κ1) is 15.8. The molecule has 0 aliphatic heterocycles. The molecule has 0 unspecified atom stereocenters. The van der Waals surface area contributed by atoms with Gasteiger partial charge in [0.15, 0.2) is 5.13 Å². The topological polar surface area (TPSA) is 88.5 Å². The largest absolute Gasteiger partial charge is 0.481 e. The van der Waals surface area contributed by atoms with Crippen LogP contribution in [0.25, 0.3) is 0 Å². The van der Waals surface area contributed by atoms with Crippen LogP contribution in [0, 0.1) is 6.92 Å². The monoisotopic (exact) mass is 312 g/mol. The molecule has 1 amide bonds. The highest BCUT2D eigenvalue weighted by Gasteiger charge is 2.48. The van der Waals surface area contributed by atoms with Crippen molar-refractivity contribution in [1.29, 1.82) is 0 Å². The molecule has 0 radical (unpaired) electrons. The summed E-state index contributed by atoms with van der Waals surface area (Å²) in [4.78, 5) is 28.3. The van der Waals surface area contributed by atoms with Crippen molar-refractivity contribution in [3.05, 3.63) is 10.6 Å². The number of aliphatic carboxylic acids is 1. The standard InChI is InChI=1S/C14H20N2O4S/c1-8-9(14(10(17)18)6-5-7-14)21-11(15-8)16-12(19)20-13(2,3)4/h5-7H2,1-4H3,(H,17,18)(H,15,16,19). The summed E-state index contributed by atoms with van der Waals surface area (Å²) in [5, 5.41) is 12.4. The molecule has 1 aliphatic carbocycles. The molecular weight excluding hydrogens is 292 g/mol. The molecule has 0 bridgehead atoms. The third-order valence-electron chi connectivity index (χ3n) is 3.46. The van der Waals surface area contributed by atoms with Crippen molar-refractivity contribution < 1.29 is 19.4 Å². The Bertz CT molecular complexity index is 570. The lowest BCUT2D eigenvalue weighted by Gasteiger charge is -2.36. The van der Waals surface area contributed by atoms with E-state index in [0.717, 1.165) is 11.3 Å². The fourth-order valence-electron chi connectivity index (χ4n) is 2.35. The highest BCUT2D eigenvalue weighted by molar-refractivity contribution is 7.16. The van der Waals surface area contributed by atoms with Crippen molar-refractivity contribution in [2.75, 3.05) is 5.32 Å². The quantitative estimate of drug-likeness (QED) is 0.894. The van der Waals surface area contributed by atoms with Crippen molar-refractivity contribution in [3.8, 4) is 0 Å². The van der Waals surface area contributed by atoms with E-state index in [1.807, 2.05) is 0 Å². The number of carboxylic acids is 1. The van der Waals surface area contributed by atoms with Gasteiger partial charge in [0, 0.05) is 4.88 Å². The molecular formula is C14H20N2O4S. The lowest BCUT2D eigenvalue weighted by molar-refractivity contribution is -0.147. The van der Waals surface area contributed by atoms with E-state index in [1.54, 1.807) is 27.7 Å². The summed E-state index contributed by atoms with van der Waals surface area (Å²) < 4.78 is 5.16. The highest BCUT2D eigenvalue weighted by atomic mass is 32.1. The Balaban J connectivity index is 2.16. The third kappa shape index (κ3) is 3.18. The SMILES string of the molecule is Cc1nc(NC(=O)OC(C)(C)C)sc1C1(C(=O)O)CCC1. The second-order valence-electron chi connectivity index (χ2n) is 6.30.